The Morgan fingerprint density at radius 1 is 1.05 bits per heavy atom. The largest absolute Gasteiger partial charge is 0.392 e. The average molecular weight is 253 g/mol. The van der Waals surface area contributed by atoms with Gasteiger partial charge in [0.2, 0.25) is 0 Å². The molecule has 98 valence electrons. The summed E-state index contributed by atoms with van der Waals surface area (Å²) in [5, 5.41) is 9.54. The monoisotopic (exact) mass is 253 g/mol. The molecule has 1 aliphatic heterocycles. The average Bonchev–Trinajstić information content (AvgIpc) is 2.46. The molecule has 0 amide bonds. The predicted molar refractivity (Wildman–Crippen MR) is 78.7 cm³/mol. The van der Waals surface area contributed by atoms with Crippen LogP contribution in [0.5, 0.6) is 0 Å². The lowest BCUT2D eigenvalue weighted by atomic mass is 9.93. The lowest BCUT2D eigenvalue weighted by molar-refractivity contribution is 0.282. The van der Waals surface area contributed by atoms with Gasteiger partial charge in [0.25, 0.3) is 0 Å². The Labute approximate surface area is 114 Å². The Balaban J connectivity index is 2.10. The van der Waals surface area contributed by atoms with E-state index in [1.165, 1.54) is 11.3 Å². The van der Waals surface area contributed by atoms with E-state index in [9.17, 15) is 5.11 Å². The quantitative estimate of drug-likeness (QED) is 0.885. The fourth-order valence-corrected chi connectivity index (χ4v) is 2.93. The molecule has 0 aliphatic carbocycles. The van der Waals surface area contributed by atoms with Crippen molar-refractivity contribution in [3.8, 4) is 0 Å². The topological polar surface area (TPSA) is 23.5 Å². The van der Waals surface area contributed by atoms with Crippen molar-refractivity contribution in [2.24, 2.45) is 5.92 Å². The molecular weight excluding hydrogens is 234 g/mol. The summed E-state index contributed by atoms with van der Waals surface area (Å²) in [5.41, 5.74) is 4.80. The molecule has 0 fully saturated rings. The van der Waals surface area contributed by atoms with Crippen molar-refractivity contribution in [2.75, 3.05) is 11.4 Å². The number of hydrogen-bond acceptors (Lipinski definition) is 2. The van der Waals surface area contributed by atoms with Crippen LogP contribution in [0.2, 0.25) is 0 Å². The summed E-state index contributed by atoms with van der Waals surface area (Å²) in [6, 6.07) is 16.7. The highest BCUT2D eigenvalue weighted by molar-refractivity contribution is 5.70. The van der Waals surface area contributed by atoms with Gasteiger partial charge >= 0.3 is 0 Å². The molecule has 1 heterocycles. The molecule has 1 atom stereocenters. The van der Waals surface area contributed by atoms with Gasteiger partial charge in [-0.2, -0.15) is 0 Å². The molecule has 0 spiro atoms. The molecule has 19 heavy (non-hydrogen) atoms. The van der Waals surface area contributed by atoms with Crippen molar-refractivity contribution in [2.45, 2.75) is 20.0 Å². The first-order chi connectivity index (χ1) is 9.29. The SMILES string of the molecule is CC1Cc2ccccc2N(c2ccccc2CO)C1. The molecule has 1 aliphatic rings. The Bertz CT molecular complexity index is 579. The first-order valence-corrected chi connectivity index (χ1v) is 6.84. The molecule has 2 heteroatoms. The molecule has 0 saturated heterocycles. The Morgan fingerprint density at radius 2 is 1.74 bits per heavy atom. The van der Waals surface area contributed by atoms with Crippen molar-refractivity contribution in [3.63, 3.8) is 0 Å². The minimum Gasteiger partial charge on any atom is -0.392 e. The van der Waals surface area contributed by atoms with Crippen molar-refractivity contribution in [1.29, 1.82) is 0 Å². The van der Waals surface area contributed by atoms with E-state index in [1.807, 2.05) is 18.2 Å². The highest BCUT2D eigenvalue weighted by atomic mass is 16.3. The molecular formula is C17H19NO. The van der Waals surface area contributed by atoms with Gasteiger partial charge in [-0.1, -0.05) is 43.3 Å². The molecule has 0 saturated carbocycles. The lowest BCUT2D eigenvalue weighted by Gasteiger charge is -2.35. The second-order valence-electron chi connectivity index (χ2n) is 5.34. The zero-order valence-electron chi connectivity index (χ0n) is 11.2. The molecule has 3 rings (SSSR count). The van der Waals surface area contributed by atoms with E-state index in [0.29, 0.717) is 5.92 Å². The van der Waals surface area contributed by atoms with Gasteiger partial charge in [0.15, 0.2) is 0 Å². The van der Waals surface area contributed by atoms with Gasteiger partial charge in [0, 0.05) is 23.5 Å². The maximum atomic E-state index is 9.54. The Kier molecular flexibility index (Phi) is 3.26. The van der Waals surface area contributed by atoms with Gasteiger partial charge in [0.05, 0.1) is 6.61 Å². The fraction of sp³-hybridized carbons (Fsp3) is 0.294. The van der Waals surface area contributed by atoms with Gasteiger partial charge in [-0.3, -0.25) is 0 Å². The number of aliphatic hydroxyl groups excluding tert-OH is 1. The number of aliphatic hydroxyl groups is 1. The first-order valence-electron chi connectivity index (χ1n) is 6.84. The molecule has 0 aromatic heterocycles. The summed E-state index contributed by atoms with van der Waals surface area (Å²) in [6.07, 6.45) is 1.13. The molecule has 2 nitrogen and oxygen atoms in total. The minimum atomic E-state index is 0.0865. The van der Waals surface area contributed by atoms with E-state index in [-0.39, 0.29) is 6.61 Å². The molecule has 2 aromatic carbocycles. The van der Waals surface area contributed by atoms with Crippen molar-refractivity contribution in [3.05, 3.63) is 59.7 Å². The smallest absolute Gasteiger partial charge is 0.0702 e. The standard InChI is InChI=1S/C17H19NO/c1-13-10-14-6-2-4-8-16(14)18(11-13)17-9-5-3-7-15(17)12-19/h2-9,13,19H,10-12H2,1H3. The first kappa shape index (κ1) is 12.2. The summed E-state index contributed by atoms with van der Waals surface area (Å²) in [7, 11) is 0. The van der Waals surface area contributed by atoms with Crippen LogP contribution < -0.4 is 4.90 Å². The van der Waals surface area contributed by atoms with Gasteiger partial charge in [-0.05, 0) is 30.0 Å². The van der Waals surface area contributed by atoms with E-state index >= 15 is 0 Å². The summed E-state index contributed by atoms with van der Waals surface area (Å²) < 4.78 is 0. The fourth-order valence-electron chi connectivity index (χ4n) is 2.93. The van der Waals surface area contributed by atoms with E-state index in [0.717, 1.165) is 24.2 Å². The van der Waals surface area contributed by atoms with Crippen LogP contribution in [0.15, 0.2) is 48.5 Å². The van der Waals surface area contributed by atoms with Crippen molar-refractivity contribution < 1.29 is 5.11 Å². The van der Waals surface area contributed by atoms with Crippen LogP contribution in [-0.4, -0.2) is 11.7 Å². The van der Waals surface area contributed by atoms with Crippen LogP contribution in [0.1, 0.15) is 18.1 Å². The summed E-state index contributed by atoms with van der Waals surface area (Å²) in [4.78, 5) is 2.34. The van der Waals surface area contributed by atoms with Crippen LogP contribution in [0.4, 0.5) is 11.4 Å². The maximum absolute atomic E-state index is 9.54. The van der Waals surface area contributed by atoms with Crippen LogP contribution in [-0.2, 0) is 13.0 Å². The number of nitrogens with zero attached hydrogens (tertiary/aromatic N) is 1. The van der Waals surface area contributed by atoms with E-state index in [2.05, 4.69) is 42.2 Å². The summed E-state index contributed by atoms with van der Waals surface area (Å²) in [6.45, 7) is 3.38. The number of rotatable bonds is 2. The third-order valence-electron chi connectivity index (χ3n) is 3.80. The second kappa shape index (κ2) is 5.06. The number of para-hydroxylation sites is 2. The lowest BCUT2D eigenvalue weighted by Crippen LogP contribution is -2.31. The normalized spacial score (nSPS) is 18.2. The summed E-state index contributed by atoms with van der Waals surface area (Å²) >= 11 is 0. The second-order valence-corrected chi connectivity index (χ2v) is 5.34. The van der Waals surface area contributed by atoms with E-state index in [1.54, 1.807) is 0 Å². The maximum Gasteiger partial charge on any atom is 0.0702 e. The van der Waals surface area contributed by atoms with E-state index in [4.69, 9.17) is 0 Å². The molecule has 0 bridgehead atoms. The number of fused-ring (bicyclic) bond motifs is 1. The van der Waals surface area contributed by atoms with Crippen LogP contribution in [0, 0.1) is 5.92 Å². The van der Waals surface area contributed by atoms with Crippen molar-refractivity contribution >= 4 is 11.4 Å². The van der Waals surface area contributed by atoms with Crippen LogP contribution >= 0.6 is 0 Å². The highest BCUT2D eigenvalue weighted by Crippen LogP contribution is 2.36. The Morgan fingerprint density at radius 3 is 2.53 bits per heavy atom. The third-order valence-corrected chi connectivity index (χ3v) is 3.80. The predicted octanol–water partition coefficient (Wildman–Crippen LogP) is 3.51. The van der Waals surface area contributed by atoms with Crippen molar-refractivity contribution in [1.82, 2.24) is 0 Å². The number of anilines is 2. The molecule has 2 aromatic rings. The zero-order valence-corrected chi connectivity index (χ0v) is 11.2. The Hall–Kier alpha value is -1.80. The minimum absolute atomic E-state index is 0.0865. The molecule has 0 radical (unpaired) electrons. The molecule has 1 N–H and O–H groups in total. The number of benzene rings is 2. The van der Waals surface area contributed by atoms with Crippen LogP contribution in [0.3, 0.4) is 0 Å². The highest BCUT2D eigenvalue weighted by Gasteiger charge is 2.23. The summed E-state index contributed by atoms with van der Waals surface area (Å²) in [5.74, 6) is 0.627. The zero-order chi connectivity index (χ0) is 13.2. The van der Waals surface area contributed by atoms with Gasteiger partial charge in [-0.25, -0.2) is 0 Å². The third kappa shape index (κ3) is 2.24. The van der Waals surface area contributed by atoms with E-state index < -0.39 is 0 Å². The van der Waals surface area contributed by atoms with Gasteiger partial charge in [-0.15, -0.1) is 0 Å². The van der Waals surface area contributed by atoms with Gasteiger partial charge in [0.1, 0.15) is 0 Å². The number of hydrogen-bond donors (Lipinski definition) is 1. The van der Waals surface area contributed by atoms with Crippen LogP contribution in [0.25, 0.3) is 0 Å². The van der Waals surface area contributed by atoms with Gasteiger partial charge < -0.3 is 10.0 Å². The molecule has 1 unspecified atom stereocenters.